The highest BCUT2D eigenvalue weighted by Gasteiger charge is 2.17. The maximum atomic E-state index is 4.46. The first-order valence-electron chi connectivity index (χ1n) is 6.92. The second-order valence-electron chi connectivity index (χ2n) is 5.14. The van der Waals surface area contributed by atoms with Crippen LogP contribution in [0.5, 0.6) is 0 Å². The van der Waals surface area contributed by atoms with E-state index in [1.807, 2.05) is 11.7 Å². The van der Waals surface area contributed by atoms with Gasteiger partial charge >= 0.3 is 0 Å². The number of hydrogen-bond donors (Lipinski definition) is 1. The molecule has 3 nitrogen and oxygen atoms in total. The summed E-state index contributed by atoms with van der Waals surface area (Å²) in [6.45, 7) is 7.39. The molecule has 2 aromatic rings. The Labute approximate surface area is 115 Å². The zero-order chi connectivity index (χ0) is 13.8. The quantitative estimate of drug-likeness (QED) is 0.892. The van der Waals surface area contributed by atoms with Crippen molar-refractivity contribution in [2.45, 2.75) is 33.2 Å². The van der Waals surface area contributed by atoms with E-state index in [-0.39, 0.29) is 6.04 Å². The highest BCUT2D eigenvalue weighted by Crippen LogP contribution is 2.24. The van der Waals surface area contributed by atoms with Gasteiger partial charge in [0.25, 0.3) is 0 Å². The largest absolute Gasteiger partial charge is 0.306 e. The molecule has 19 heavy (non-hydrogen) atoms. The number of rotatable bonds is 5. The van der Waals surface area contributed by atoms with Crippen molar-refractivity contribution in [3.8, 4) is 0 Å². The number of aryl methyl sites for hydroxylation is 3. The van der Waals surface area contributed by atoms with Gasteiger partial charge in [-0.05, 0) is 32.4 Å². The Morgan fingerprint density at radius 2 is 1.89 bits per heavy atom. The van der Waals surface area contributed by atoms with Gasteiger partial charge < -0.3 is 5.32 Å². The normalized spacial score (nSPS) is 12.6. The van der Waals surface area contributed by atoms with Gasteiger partial charge in [-0.1, -0.05) is 36.8 Å². The van der Waals surface area contributed by atoms with E-state index in [2.05, 4.69) is 61.6 Å². The number of benzene rings is 1. The van der Waals surface area contributed by atoms with E-state index in [4.69, 9.17) is 0 Å². The summed E-state index contributed by atoms with van der Waals surface area (Å²) in [5.41, 5.74) is 4.95. The van der Waals surface area contributed by atoms with Crippen LogP contribution in [0.15, 0.2) is 30.5 Å². The van der Waals surface area contributed by atoms with Crippen LogP contribution in [0.3, 0.4) is 0 Å². The monoisotopic (exact) mass is 257 g/mol. The van der Waals surface area contributed by atoms with Crippen LogP contribution in [0.2, 0.25) is 0 Å². The van der Waals surface area contributed by atoms with Gasteiger partial charge in [-0.25, -0.2) is 0 Å². The molecule has 0 amide bonds. The van der Waals surface area contributed by atoms with Gasteiger partial charge in [0.15, 0.2) is 0 Å². The molecule has 0 saturated heterocycles. The molecule has 0 fully saturated rings. The van der Waals surface area contributed by atoms with Crippen molar-refractivity contribution in [3.63, 3.8) is 0 Å². The average Bonchev–Trinajstić information content (AvgIpc) is 2.71. The third kappa shape index (κ3) is 3.24. The van der Waals surface area contributed by atoms with Crippen molar-refractivity contribution in [1.82, 2.24) is 15.1 Å². The average molecular weight is 257 g/mol. The second-order valence-corrected chi connectivity index (χ2v) is 5.14. The van der Waals surface area contributed by atoms with Crippen LogP contribution in [0.4, 0.5) is 0 Å². The molecular weight excluding hydrogens is 234 g/mol. The first-order valence-corrected chi connectivity index (χ1v) is 6.92. The Hall–Kier alpha value is -1.61. The van der Waals surface area contributed by atoms with E-state index >= 15 is 0 Å². The molecule has 3 heteroatoms. The van der Waals surface area contributed by atoms with Gasteiger partial charge in [-0.15, -0.1) is 0 Å². The molecule has 1 heterocycles. The summed E-state index contributed by atoms with van der Waals surface area (Å²) in [6.07, 6.45) is 3.24. The lowest BCUT2D eigenvalue weighted by Gasteiger charge is -2.19. The van der Waals surface area contributed by atoms with Crippen LogP contribution in [0, 0.1) is 13.8 Å². The maximum Gasteiger partial charge on any atom is 0.0644 e. The first kappa shape index (κ1) is 13.8. The Balaban J connectivity index is 2.35. The Morgan fingerprint density at radius 1 is 1.21 bits per heavy atom. The van der Waals surface area contributed by atoms with Gasteiger partial charge in [-0.2, -0.15) is 5.10 Å². The lowest BCUT2D eigenvalue weighted by atomic mass is 9.98. The zero-order valence-corrected chi connectivity index (χ0v) is 12.3. The molecule has 1 atom stereocenters. The standard InChI is InChI=1S/C16H23N3/c1-5-10-17-16(14-8-6-12(2)7-9-14)15-11-19(4)18-13(15)3/h6-9,11,16-17H,5,10H2,1-4H3. The summed E-state index contributed by atoms with van der Waals surface area (Å²) in [7, 11) is 1.97. The SMILES string of the molecule is CCCNC(c1ccc(C)cc1)c1cn(C)nc1C. The Morgan fingerprint density at radius 3 is 2.42 bits per heavy atom. The van der Waals surface area contributed by atoms with Gasteiger partial charge in [0.05, 0.1) is 11.7 Å². The minimum atomic E-state index is 0.231. The van der Waals surface area contributed by atoms with E-state index < -0.39 is 0 Å². The summed E-state index contributed by atoms with van der Waals surface area (Å²) in [5, 5.41) is 8.08. The van der Waals surface area contributed by atoms with Crippen LogP contribution in [-0.2, 0) is 7.05 Å². The summed E-state index contributed by atoms with van der Waals surface area (Å²) in [6, 6.07) is 8.97. The predicted molar refractivity (Wildman–Crippen MR) is 79.3 cm³/mol. The van der Waals surface area contributed by atoms with Crippen molar-refractivity contribution in [2.24, 2.45) is 7.05 Å². The summed E-state index contributed by atoms with van der Waals surface area (Å²) < 4.78 is 1.89. The Kier molecular flexibility index (Phi) is 4.38. The zero-order valence-electron chi connectivity index (χ0n) is 12.3. The van der Waals surface area contributed by atoms with E-state index in [0.717, 1.165) is 18.7 Å². The summed E-state index contributed by atoms with van der Waals surface area (Å²) in [5.74, 6) is 0. The van der Waals surface area contributed by atoms with Crippen molar-refractivity contribution >= 4 is 0 Å². The molecule has 0 bridgehead atoms. The van der Waals surface area contributed by atoms with Crippen LogP contribution in [0.1, 0.15) is 41.8 Å². The topological polar surface area (TPSA) is 29.9 Å². The highest BCUT2D eigenvalue weighted by atomic mass is 15.3. The lowest BCUT2D eigenvalue weighted by molar-refractivity contribution is 0.596. The fourth-order valence-corrected chi connectivity index (χ4v) is 2.36. The third-order valence-electron chi connectivity index (χ3n) is 3.37. The minimum absolute atomic E-state index is 0.231. The molecule has 0 spiro atoms. The van der Waals surface area contributed by atoms with Crippen molar-refractivity contribution < 1.29 is 0 Å². The molecule has 1 aromatic carbocycles. The van der Waals surface area contributed by atoms with Gasteiger partial charge in [0.2, 0.25) is 0 Å². The summed E-state index contributed by atoms with van der Waals surface area (Å²) >= 11 is 0. The van der Waals surface area contributed by atoms with E-state index in [9.17, 15) is 0 Å². The number of hydrogen-bond acceptors (Lipinski definition) is 2. The van der Waals surface area contributed by atoms with Gasteiger partial charge in [0, 0.05) is 18.8 Å². The number of nitrogens with one attached hydrogen (secondary N) is 1. The summed E-state index contributed by atoms with van der Waals surface area (Å²) in [4.78, 5) is 0. The minimum Gasteiger partial charge on any atom is -0.306 e. The number of aromatic nitrogens is 2. The van der Waals surface area contributed by atoms with Crippen molar-refractivity contribution in [2.75, 3.05) is 6.54 Å². The number of nitrogens with zero attached hydrogens (tertiary/aromatic N) is 2. The maximum absolute atomic E-state index is 4.46. The van der Waals surface area contributed by atoms with E-state index in [1.165, 1.54) is 16.7 Å². The fourth-order valence-electron chi connectivity index (χ4n) is 2.36. The fraction of sp³-hybridized carbons (Fsp3) is 0.438. The van der Waals surface area contributed by atoms with Gasteiger partial charge in [-0.3, -0.25) is 4.68 Å². The highest BCUT2D eigenvalue weighted by molar-refractivity contribution is 5.34. The third-order valence-corrected chi connectivity index (χ3v) is 3.37. The molecule has 0 saturated carbocycles. The van der Waals surface area contributed by atoms with Crippen molar-refractivity contribution in [3.05, 3.63) is 52.8 Å². The molecule has 0 radical (unpaired) electrons. The van der Waals surface area contributed by atoms with Gasteiger partial charge in [0.1, 0.15) is 0 Å². The molecule has 1 unspecified atom stereocenters. The molecule has 102 valence electrons. The molecular formula is C16H23N3. The molecule has 0 aliphatic heterocycles. The van der Waals surface area contributed by atoms with Crippen LogP contribution >= 0.6 is 0 Å². The smallest absolute Gasteiger partial charge is 0.0644 e. The molecule has 1 N–H and O–H groups in total. The molecule has 2 rings (SSSR count). The van der Waals surface area contributed by atoms with Crippen molar-refractivity contribution in [1.29, 1.82) is 0 Å². The molecule has 1 aromatic heterocycles. The second kappa shape index (κ2) is 6.02. The van der Waals surface area contributed by atoms with Crippen LogP contribution in [0.25, 0.3) is 0 Å². The van der Waals surface area contributed by atoms with E-state index in [1.54, 1.807) is 0 Å². The Bertz CT molecular complexity index is 525. The van der Waals surface area contributed by atoms with Crippen LogP contribution in [-0.4, -0.2) is 16.3 Å². The van der Waals surface area contributed by atoms with E-state index in [0.29, 0.717) is 0 Å². The predicted octanol–water partition coefficient (Wildman–Crippen LogP) is 3.13. The molecule has 0 aliphatic carbocycles. The van der Waals surface area contributed by atoms with Crippen LogP contribution < -0.4 is 5.32 Å². The molecule has 0 aliphatic rings. The first-order chi connectivity index (χ1) is 9.11. The lowest BCUT2D eigenvalue weighted by Crippen LogP contribution is -2.23.